The number of fused-ring (bicyclic) bond motifs is 1. The van der Waals surface area contributed by atoms with Gasteiger partial charge in [-0.3, -0.25) is 9.10 Å². The molecule has 0 fully saturated rings. The summed E-state index contributed by atoms with van der Waals surface area (Å²) in [6.07, 6.45) is 2.61. The number of aryl methyl sites for hydroxylation is 1. The highest BCUT2D eigenvalue weighted by Gasteiger charge is 2.24. The molecule has 7 nitrogen and oxygen atoms in total. The summed E-state index contributed by atoms with van der Waals surface area (Å²) in [6.45, 7) is 0.448. The Kier molecular flexibility index (Phi) is 5.18. The number of benzene rings is 2. The van der Waals surface area contributed by atoms with Gasteiger partial charge in [0.25, 0.3) is 5.91 Å². The molecule has 0 radical (unpaired) electrons. The van der Waals surface area contributed by atoms with Gasteiger partial charge in [-0.25, -0.2) is 13.2 Å². The Morgan fingerprint density at radius 2 is 1.74 bits per heavy atom. The van der Waals surface area contributed by atoms with Crippen LogP contribution in [0.3, 0.4) is 0 Å². The molecule has 1 aliphatic heterocycles. The van der Waals surface area contributed by atoms with E-state index in [4.69, 9.17) is 0 Å². The molecule has 1 heterocycles. The molecule has 0 aromatic heterocycles. The second-order valence-electron chi connectivity index (χ2n) is 6.31. The lowest BCUT2D eigenvalue weighted by atomic mass is 10.0. The van der Waals surface area contributed by atoms with E-state index < -0.39 is 16.0 Å². The van der Waals surface area contributed by atoms with Crippen molar-refractivity contribution in [2.75, 3.05) is 29.5 Å². The molecule has 0 spiro atoms. The Labute approximate surface area is 158 Å². The average Bonchev–Trinajstić information content (AvgIpc) is 2.66. The number of amides is 1. The second kappa shape index (κ2) is 7.40. The normalized spacial score (nSPS) is 13.6. The largest absolute Gasteiger partial charge is 0.465 e. The van der Waals surface area contributed by atoms with Crippen molar-refractivity contribution in [2.24, 2.45) is 0 Å². The summed E-state index contributed by atoms with van der Waals surface area (Å²) in [5, 5.41) is 2.77. The van der Waals surface area contributed by atoms with Crippen molar-refractivity contribution >= 4 is 33.3 Å². The molecule has 8 heteroatoms. The van der Waals surface area contributed by atoms with Crippen molar-refractivity contribution in [3.63, 3.8) is 0 Å². The van der Waals surface area contributed by atoms with Crippen LogP contribution in [0.4, 0.5) is 11.4 Å². The fraction of sp³-hybridized carbons (Fsp3) is 0.263. The number of esters is 1. The van der Waals surface area contributed by atoms with E-state index in [-0.39, 0.29) is 5.91 Å². The zero-order chi connectivity index (χ0) is 19.6. The van der Waals surface area contributed by atoms with E-state index >= 15 is 0 Å². The van der Waals surface area contributed by atoms with Gasteiger partial charge < -0.3 is 10.1 Å². The lowest BCUT2D eigenvalue weighted by molar-refractivity contribution is 0.0600. The first-order chi connectivity index (χ1) is 12.8. The minimum absolute atomic E-state index is 0.305. The summed E-state index contributed by atoms with van der Waals surface area (Å²) in [5.41, 5.74) is 2.84. The number of sulfonamides is 1. The molecule has 2 aromatic rings. The fourth-order valence-electron chi connectivity index (χ4n) is 3.06. The second-order valence-corrected chi connectivity index (χ2v) is 8.21. The van der Waals surface area contributed by atoms with E-state index in [1.807, 2.05) is 0 Å². The van der Waals surface area contributed by atoms with Crippen LogP contribution >= 0.6 is 0 Å². The third-order valence-electron chi connectivity index (χ3n) is 4.38. The number of methoxy groups -OCH3 is 1. The number of ether oxygens (including phenoxy) is 1. The van der Waals surface area contributed by atoms with Gasteiger partial charge in [0.15, 0.2) is 0 Å². The summed E-state index contributed by atoms with van der Waals surface area (Å²) in [5.74, 6) is -0.752. The van der Waals surface area contributed by atoms with Crippen LogP contribution in [-0.4, -0.2) is 40.2 Å². The Bertz CT molecular complexity index is 984. The van der Waals surface area contributed by atoms with Crippen molar-refractivity contribution in [3.8, 4) is 0 Å². The molecule has 1 N–H and O–H groups in total. The fourth-order valence-corrected chi connectivity index (χ4v) is 4.06. The highest BCUT2D eigenvalue weighted by molar-refractivity contribution is 7.92. The topological polar surface area (TPSA) is 92.8 Å². The van der Waals surface area contributed by atoms with Gasteiger partial charge in [0, 0.05) is 17.8 Å². The molecule has 1 amide bonds. The molecule has 142 valence electrons. The number of carbonyl (C=O) groups excluding carboxylic acids is 2. The maximum absolute atomic E-state index is 12.5. The monoisotopic (exact) mass is 388 g/mol. The van der Waals surface area contributed by atoms with Gasteiger partial charge in [-0.15, -0.1) is 0 Å². The number of nitrogens with one attached hydrogen (secondary N) is 1. The van der Waals surface area contributed by atoms with Crippen LogP contribution in [0.15, 0.2) is 42.5 Å². The first-order valence-electron chi connectivity index (χ1n) is 8.40. The number of hydrogen-bond acceptors (Lipinski definition) is 5. The SMILES string of the molecule is COC(=O)c1ccc(NC(=O)c2ccc3c(c2)CCCN3S(C)(=O)=O)cc1. The van der Waals surface area contributed by atoms with Crippen molar-refractivity contribution in [2.45, 2.75) is 12.8 Å². The van der Waals surface area contributed by atoms with Gasteiger partial charge in [0.05, 0.1) is 24.6 Å². The van der Waals surface area contributed by atoms with Gasteiger partial charge in [0.1, 0.15) is 0 Å². The zero-order valence-corrected chi connectivity index (χ0v) is 15.9. The van der Waals surface area contributed by atoms with Crippen LogP contribution in [0, 0.1) is 0 Å². The molecule has 0 bridgehead atoms. The lowest BCUT2D eigenvalue weighted by Gasteiger charge is -2.29. The Morgan fingerprint density at radius 1 is 1.07 bits per heavy atom. The molecule has 1 aliphatic rings. The number of nitrogens with zero attached hydrogens (tertiary/aromatic N) is 1. The van der Waals surface area contributed by atoms with E-state index in [0.717, 1.165) is 12.0 Å². The minimum Gasteiger partial charge on any atom is -0.465 e. The molecule has 0 unspecified atom stereocenters. The molecule has 3 rings (SSSR count). The standard InChI is InChI=1S/C19H20N2O5S/c1-26-19(23)13-5-8-16(9-6-13)20-18(22)15-7-10-17-14(12-15)4-3-11-21(17)27(2,24)25/h5-10,12H,3-4,11H2,1-2H3,(H,20,22). The summed E-state index contributed by atoms with van der Waals surface area (Å²) in [7, 11) is -2.03. The van der Waals surface area contributed by atoms with Gasteiger partial charge in [0.2, 0.25) is 10.0 Å². The minimum atomic E-state index is -3.34. The Hall–Kier alpha value is -2.87. The van der Waals surface area contributed by atoms with Crippen molar-refractivity contribution in [1.29, 1.82) is 0 Å². The first-order valence-corrected chi connectivity index (χ1v) is 10.2. The van der Waals surface area contributed by atoms with Crippen LogP contribution in [0.1, 0.15) is 32.7 Å². The molecule has 0 atom stereocenters. The Balaban J connectivity index is 1.79. The maximum Gasteiger partial charge on any atom is 0.337 e. The lowest BCUT2D eigenvalue weighted by Crippen LogP contribution is -2.34. The predicted molar refractivity (Wildman–Crippen MR) is 103 cm³/mol. The van der Waals surface area contributed by atoms with Crippen LogP contribution < -0.4 is 9.62 Å². The highest BCUT2D eigenvalue weighted by Crippen LogP contribution is 2.30. The zero-order valence-electron chi connectivity index (χ0n) is 15.1. The van der Waals surface area contributed by atoms with E-state index in [1.54, 1.807) is 42.5 Å². The van der Waals surface area contributed by atoms with Crippen LogP contribution in [0.5, 0.6) is 0 Å². The van der Waals surface area contributed by atoms with Gasteiger partial charge in [-0.05, 0) is 60.9 Å². The Morgan fingerprint density at radius 3 is 2.37 bits per heavy atom. The predicted octanol–water partition coefficient (Wildman–Crippen LogP) is 2.44. The molecule has 27 heavy (non-hydrogen) atoms. The van der Waals surface area contributed by atoms with Gasteiger partial charge in [-0.2, -0.15) is 0 Å². The van der Waals surface area contributed by atoms with Crippen LogP contribution in [0.2, 0.25) is 0 Å². The van der Waals surface area contributed by atoms with E-state index in [0.29, 0.717) is 35.5 Å². The van der Waals surface area contributed by atoms with Crippen LogP contribution in [-0.2, 0) is 21.2 Å². The molecule has 0 aliphatic carbocycles. The highest BCUT2D eigenvalue weighted by atomic mass is 32.2. The van der Waals surface area contributed by atoms with Crippen molar-refractivity contribution < 1.29 is 22.7 Å². The molecular weight excluding hydrogens is 368 g/mol. The number of hydrogen-bond donors (Lipinski definition) is 1. The molecule has 0 saturated carbocycles. The third kappa shape index (κ3) is 4.11. The summed E-state index contributed by atoms with van der Waals surface area (Å²) in [6, 6.07) is 11.4. The number of carbonyl (C=O) groups is 2. The third-order valence-corrected chi connectivity index (χ3v) is 5.56. The number of rotatable bonds is 4. The van der Waals surface area contributed by atoms with E-state index in [1.165, 1.54) is 17.7 Å². The quantitative estimate of drug-likeness (QED) is 0.812. The van der Waals surface area contributed by atoms with Crippen LogP contribution in [0.25, 0.3) is 0 Å². The molecule has 0 saturated heterocycles. The molecule has 2 aromatic carbocycles. The van der Waals surface area contributed by atoms with Gasteiger partial charge >= 0.3 is 5.97 Å². The smallest absolute Gasteiger partial charge is 0.337 e. The van der Waals surface area contributed by atoms with Crippen molar-refractivity contribution in [3.05, 3.63) is 59.2 Å². The van der Waals surface area contributed by atoms with E-state index in [2.05, 4.69) is 10.1 Å². The first kappa shape index (κ1) is 18.9. The number of anilines is 2. The average molecular weight is 388 g/mol. The van der Waals surface area contributed by atoms with Crippen molar-refractivity contribution in [1.82, 2.24) is 0 Å². The summed E-state index contributed by atoms with van der Waals surface area (Å²) < 4.78 is 29.9. The van der Waals surface area contributed by atoms with E-state index in [9.17, 15) is 18.0 Å². The van der Waals surface area contributed by atoms with Gasteiger partial charge in [-0.1, -0.05) is 0 Å². The maximum atomic E-state index is 12.5. The summed E-state index contributed by atoms with van der Waals surface area (Å²) >= 11 is 0. The molecular formula is C19H20N2O5S. The summed E-state index contributed by atoms with van der Waals surface area (Å²) in [4.78, 5) is 24.0.